The fourth-order valence-corrected chi connectivity index (χ4v) is 2.89. The summed E-state index contributed by atoms with van der Waals surface area (Å²) in [7, 11) is 0. The zero-order valence-corrected chi connectivity index (χ0v) is 11.5. The first-order chi connectivity index (χ1) is 9.02. The molecule has 0 bridgehead atoms. The van der Waals surface area contributed by atoms with Gasteiger partial charge in [-0.15, -0.1) is 0 Å². The quantitative estimate of drug-likeness (QED) is 0.891. The van der Waals surface area contributed by atoms with Gasteiger partial charge in [0.25, 0.3) is 5.91 Å². The number of halogens is 1. The number of rotatable bonds is 2. The van der Waals surface area contributed by atoms with Gasteiger partial charge in [0, 0.05) is 24.7 Å². The van der Waals surface area contributed by atoms with Crippen molar-refractivity contribution in [2.75, 3.05) is 13.1 Å². The predicted molar refractivity (Wildman–Crippen MR) is 73.4 cm³/mol. The highest BCUT2D eigenvalue weighted by molar-refractivity contribution is 5.94. The van der Waals surface area contributed by atoms with E-state index in [0.29, 0.717) is 24.6 Å². The van der Waals surface area contributed by atoms with E-state index in [9.17, 15) is 9.18 Å². The molecule has 0 spiro atoms. The third-order valence-corrected chi connectivity index (χ3v) is 3.91. The van der Waals surface area contributed by atoms with E-state index in [-0.39, 0.29) is 17.8 Å². The molecule has 2 atom stereocenters. The Morgan fingerprint density at radius 1 is 1.47 bits per heavy atom. The lowest BCUT2D eigenvalue weighted by Crippen LogP contribution is -2.51. The molecule has 0 radical (unpaired) electrons. The number of likely N-dealkylation sites (tertiary alicyclic amines) is 1. The molecule has 1 heterocycles. The van der Waals surface area contributed by atoms with Crippen molar-refractivity contribution in [1.29, 1.82) is 0 Å². The van der Waals surface area contributed by atoms with Crippen LogP contribution >= 0.6 is 0 Å². The molecule has 0 saturated carbocycles. The van der Waals surface area contributed by atoms with Gasteiger partial charge in [-0.1, -0.05) is 6.92 Å². The van der Waals surface area contributed by atoms with E-state index < -0.39 is 0 Å². The molecular weight excluding hydrogens is 243 g/mol. The monoisotopic (exact) mass is 264 g/mol. The third-order valence-electron chi connectivity index (χ3n) is 3.91. The van der Waals surface area contributed by atoms with E-state index in [0.717, 1.165) is 18.4 Å². The molecule has 1 fully saturated rings. The van der Waals surface area contributed by atoms with Gasteiger partial charge in [-0.05, 0) is 49.4 Å². The zero-order chi connectivity index (χ0) is 14.0. The summed E-state index contributed by atoms with van der Waals surface area (Å²) in [6, 6.07) is 4.53. The normalized spacial score (nSPS) is 23.5. The van der Waals surface area contributed by atoms with Crippen LogP contribution in [0, 0.1) is 18.7 Å². The highest BCUT2D eigenvalue weighted by atomic mass is 19.1. The van der Waals surface area contributed by atoms with Crippen molar-refractivity contribution in [3.05, 3.63) is 35.1 Å². The number of carbonyl (C=O) groups excluding carboxylic acids is 1. The summed E-state index contributed by atoms with van der Waals surface area (Å²) >= 11 is 0. The number of nitrogens with zero attached hydrogens (tertiary/aromatic N) is 1. The van der Waals surface area contributed by atoms with Crippen molar-refractivity contribution in [2.45, 2.75) is 32.7 Å². The zero-order valence-electron chi connectivity index (χ0n) is 11.5. The maximum atomic E-state index is 13.4. The van der Waals surface area contributed by atoms with Gasteiger partial charge in [-0.3, -0.25) is 4.79 Å². The highest BCUT2D eigenvalue weighted by Gasteiger charge is 2.31. The topological polar surface area (TPSA) is 46.3 Å². The van der Waals surface area contributed by atoms with Crippen LogP contribution in [0.25, 0.3) is 0 Å². The van der Waals surface area contributed by atoms with Crippen LogP contribution in [0.2, 0.25) is 0 Å². The van der Waals surface area contributed by atoms with Crippen LogP contribution in [0.5, 0.6) is 0 Å². The van der Waals surface area contributed by atoms with E-state index in [2.05, 4.69) is 6.92 Å². The number of carbonyl (C=O) groups is 1. The number of benzene rings is 1. The van der Waals surface area contributed by atoms with Crippen LogP contribution in [-0.4, -0.2) is 29.9 Å². The summed E-state index contributed by atoms with van der Waals surface area (Å²) in [6.45, 7) is 5.08. The first-order valence-electron chi connectivity index (χ1n) is 6.81. The van der Waals surface area contributed by atoms with E-state index in [1.165, 1.54) is 12.1 Å². The molecule has 0 aromatic heterocycles. The lowest BCUT2D eigenvalue weighted by Gasteiger charge is -2.39. The maximum absolute atomic E-state index is 13.4. The van der Waals surface area contributed by atoms with Crippen molar-refractivity contribution >= 4 is 5.91 Å². The number of nitrogens with two attached hydrogens (primary N) is 1. The van der Waals surface area contributed by atoms with Gasteiger partial charge >= 0.3 is 0 Å². The molecule has 3 nitrogen and oxygen atoms in total. The van der Waals surface area contributed by atoms with Crippen molar-refractivity contribution < 1.29 is 9.18 Å². The second-order valence-corrected chi connectivity index (χ2v) is 5.44. The summed E-state index contributed by atoms with van der Waals surface area (Å²) in [6.07, 6.45) is 2.07. The average molecular weight is 264 g/mol. The van der Waals surface area contributed by atoms with E-state index in [1.54, 1.807) is 13.0 Å². The molecule has 1 aliphatic heterocycles. The van der Waals surface area contributed by atoms with Gasteiger partial charge < -0.3 is 10.6 Å². The number of hydrogen-bond donors (Lipinski definition) is 1. The first kappa shape index (κ1) is 14.0. The molecule has 1 amide bonds. The minimum Gasteiger partial charge on any atom is -0.334 e. The summed E-state index contributed by atoms with van der Waals surface area (Å²) in [4.78, 5) is 14.3. The molecule has 19 heavy (non-hydrogen) atoms. The summed E-state index contributed by atoms with van der Waals surface area (Å²) in [5.74, 6) is -0.0698. The molecular formula is C15H21FN2O. The Bertz CT molecular complexity index is 455. The maximum Gasteiger partial charge on any atom is 0.254 e. The van der Waals surface area contributed by atoms with Gasteiger partial charge in [0.2, 0.25) is 0 Å². The molecule has 1 aromatic carbocycles. The predicted octanol–water partition coefficient (Wildman–Crippen LogP) is 2.33. The van der Waals surface area contributed by atoms with Crippen LogP contribution in [-0.2, 0) is 0 Å². The van der Waals surface area contributed by atoms with Crippen molar-refractivity contribution in [3.8, 4) is 0 Å². The number of amides is 1. The van der Waals surface area contributed by atoms with Gasteiger partial charge in [0.15, 0.2) is 0 Å². The largest absolute Gasteiger partial charge is 0.334 e. The fraction of sp³-hybridized carbons (Fsp3) is 0.533. The Hall–Kier alpha value is -1.42. The van der Waals surface area contributed by atoms with Gasteiger partial charge in [-0.25, -0.2) is 4.39 Å². The second kappa shape index (κ2) is 5.70. The molecule has 0 unspecified atom stereocenters. The highest BCUT2D eigenvalue weighted by Crippen LogP contribution is 2.24. The SMILES string of the molecule is Cc1cc(F)cc(C(=O)N2CCC[C@H](C)[C@H]2CN)c1. The van der Waals surface area contributed by atoms with Crippen molar-refractivity contribution in [1.82, 2.24) is 4.90 Å². The second-order valence-electron chi connectivity index (χ2n) is 5.44. The van der Waals surface area contributed by atoms with Gasteiger partial charge in [-0.2, -0.15) is 0 Å². The average Bonchev–Trinajstić information content (AvgIpc) is 2.36. The summed E-state index contributed by atoms with van der Waals surface area (Å²) in [5.41, 5.74) is 6.97. The third kappa shape index (κ3) is 2.95. The van der Waals surface area contributed by atoms with Crippen LogP contribution in [0.4, 0.5) is 4.39 Å². The molecule has 4 heteroatoms. The Labute approximate surface area is 113 Å². The molecule has 0 aliphatic carbocycles. The molecule has 1 saturated heterocycles. The van der Waals surface area contributed by atoms with Crippen LogP contribution in [0.15, 0.2) is 18.2 Å². The summed E-state index contributed by atoms with van der Waals surface area (Å²) in [5, 5.41) is 0. The minimum absolute atomic E-state index is 0.0600. The molecule has 1 aliphatic rings. The van der Waals surface area contributed by atoms with Crippen LogP contribution < -0.4 is 5.73 Å². The molecule has 2 N–H and O–H groups in total. The number of aryl methyl sites for hydroxylation is 1. The van der Waals surface area contributed by atoms with Gasteiger partial charge in [0.1, 0.15) is 5.82 Å². The van der Waals surface area contributed by atoms with Crippen molar-refractivity contribution in [2.24, 2.45) is 11.7 Å². The summed E-state index contributed by atoms with van der Waals surface area (Å²) < 4.78 is 13.4. The first-order valence-corrected chi connectivity index (χ1v) is 6.81. The Morgan fingerprint density at radius 3 is 2.84 bits per heavy atom. The molecule has 104 valence electrons. The van der Waals surface area contributed by atoms with E-state index in [4.69, 9.17) is 5.73 Å². The Kier molecular flexibility index (Phi) is 4.20. The molecule has 2 rings (SSSR count). The van der Waals surface area contributed by atoms with E-state index in [1.807, 2.05) is 4.90 Å². The smallest absolute Gasteiger partial charge is 0.254 e. The number of piperidine rings is 1. The molecule has 1 aromatic rings. The minimum atomic E-state index is -0.363. The van der Waals surface area contributed by atoms with Crippen LogP contribution in [0.3, 0.4) is 0 Å². The Balaban J connectivity index is 2.26. The number of hydrogen-bond acceptors (Lipinski definition) is 2. The standard InChI is InChI=1S/C15H21FN2O/c1-10-6-12(8-13(16)7-10)15(19)18-5-3-4-11(2)14(18)9-17/h6-8,11,14H,3-5,9,17H2,1-2H3/t11-,14+/m0/s1. The lowest BCUT2D eigenvalue weighted by molar-refractivity contribution is 0.0532. The van der Waals surface area contributed by atoms with Gasteiger partial charge in [0.05, 0.1) is 0 Å². The Morgan fingerprint density at radius 2 is 2.21 bits per heavy atom. The van der Waals surface area contributed by atoms with Crippen LogP contribution in [0.1, 0.15) is 35.7 Å². The van der Waals surface area contributed by atoms with E-state index >= 15 is 0 Å². The fourth-order valence-electron chi connectivity index (χ4n) is 2.89. The lowest BCUT2D eigenvalue weighted by atomic mass is 9.90. The van der Waals surface area contributed by atoms with Crippen molar-refractivity contribution in [3.63, 3.8) is 0 Å².